The molecule has 57 heavy (non-hydrogen) atoms. The summed E-state index contributed by atoms with van der Waals surface area (Å²) in [4.78, 5) is 2.42. The zero-order valence-electron chi connectivity index (χ0n) is 31.4. The van der Waals surface area contributed by atoms with E-state index in [1.165, 1.54) is 77.5 Å². The van der Waals surface area contributed by atoms with E-state index in [1.54, 1.807) is 0 Å². The lowest BCUT2D eigenvalue weighted by Crippen LogP contribution is -2.27. The molecule has 0 saturated carbocycles. The van der Waals surface area contributed by atoms with Crippen LogP contribution < -0.4 is 4.90 Å². The molecule has 0 fully saturated rings. The average Bonchev–Trinajstić information content (AvgIpc) is 3.89. The Morgan fingerprint density at radius 1 is 0.439 bits per heavy atom. The molecule has 0 bridgehead atoms. The highest BCUT2D eigenvalue weighted by atomic mass is 15.1. The van der Waals surface area contributed by atoms with Crippen LogP contribution in [0.1, 0.15) is 35.1 Å². The number of para-hydroxylation sites is 3. The van der Waals surface area contributed by atoms with Crippen LogP contribution in [0.3, 0.4) is 0 Å². The molecule has 0 radical (unpaired) electrons. The Morgan fingerprint density at radius 2 is 0.982 bits per heavy atom. The van der Waals surface area contributed by atoms with Crippen molar-refractivity contribution in [1.29, 1.82) is 0 Å². The van der Waals surface area contributed by atoms with E-state index in [1.807, 2.05) is 0 Å². The lowest BCUT2D eigenvalue weighted by atomic mass is 9.69. The van der Waals surface area contributed by atoms with Crippen molar-refractivity contribution in [2.75, 3.05) is 4.90 Å². The highest BCUT2D eigenvalue weighted by molar-refractivity contribution is 6.09. The van der Waals surface area contributed by atoms with E-state index in [2.05, 4.69) is 216 Å². The molecule has 1 aromatic heterocycles. The summed E-state index contributed by atoms with van der Waals surface area (Å²) in [7, 11) is 0. The summed E-state index contributed by atoms with van der Waals surface area (Å²) in [5.41, 5.74) is 20.3. The molecule has 1 spiro atoms. The molecule has 0 aliphatic heterocycles. The molecule has 8 aromatic carbocycles. The Labute approximate surface area is 332 Å². The molecule has 3 aliphatic carbocycles. The van der Waals surface area contributed by atoms with Crippen molar-refractivity contribution in [3.05, 3.63) is 234 Å². The minimum absolute atomic E-state index is 0.345. The second kappa shape index (κ2) is 12.4. The largest absolute Gasteiger partial charge is 0.310 e. The third kappa shape index (κ3) is 4.59. The summed E-state index contributed by atoms with van der Waals surface area (Å²) in [6.45, 7) is 0. The minimum atomic E-state index is -0.345. The Bertz CT molecular complexity index is 3010. The number of nitrogens with zero attached hydrogens (tertiary/aromatic N) is 2. The number of hydrogen-bond donors (Lipinski definition) is 0. The van der Waals surface area contributed by atoms with Gasteiger partial charge >= 0.3 is 0 Å². The van der Waals surface area contributed by atoms with Crippen molar-refractivity contribution in [2.24, 2.45) is 0 Å². The monoisotopic (exact) mass is 726 g/mol. The van der Waals surface area contributed by atoms with Crippen molar-refractivity contribution in [1.82, 2.24) is 4.57 Å². The Morgan fingerprint density at radius 3 is 1.65 bits per heavy atom. The summed E-state index contributed by atoms with van der Waals surface area (Å²) >= 11 is 0. The second-order valence-corrected chi connectivity index (χ2v) is 15.5. The lowest BCUT2D eigenvalue weighted by Gasteiger charge is -2.33. The van der Waals surface area contributed by atoms with Gasteiger partial charge in [0.2, 0.25) is 0 Å². The van der Waals surface area contributed by atoms with Crippen molar-refractivity contribution in [3.8, 4) is 27.9 Å². The van der Waals surface area contributed by atoms with E-state index < -0.39 is 0 Å². The van der Waals surface area contributed by atoms with Crippen LogP contribution in [0.4, 0.5) is 17.1 Å². The van der Waals surface area contributed by atoms with Gasteiger partial charge in [0.05, 0.1) is 16.4 Å². The Hall–Kier alpha value is -7.16. The third-order valence-corrected chi connectivity index (χ3v) is 12.7. The van der Waals surface area contributed by atoms with Gasteiger partial charge in [0.1, 0.15) is 0 Å². The van der Waals surface area contributed by atoms with E-state index in [9.17, 15) is 0 Å². The number of rotatable bonds is 5. The molecule has 0 atom stereocenters. The molecular formula is C55H38N2. The molecule has 0 unspecified atom stereocenters. The first-order valence-corrected chi connectivity index (χ1v) is 20.1. The van der Waals surface area contributed by atoms with E-state index >= 15 is 0 Å². The predicted octanol–water partition coefficient (Wildman–Crippen LogP) is 14.4. The smallest absolute Gasteiger partial charge is 0.0722 e. The van der Waals surface area contributed by atoms with Gasteiger partial charge in [0.15, 0.2) is 0 Å². The van der Waals surface area contributed by atoms with Gasteiger partial charge in [-0.3, -0.25) is 0 Å². The lowest BCUT2D eigenvalue weighted by molar-refractivity contribution is 0.780. The maximum Gasteiger partial charge on any atom is 0.0722 e. The molecule has 0 N–H and O–H groups in total. The van der Waals surface area contributed by atoms with Crippen molar-refractivity contribution < 1.29 is 0 Å². The van der Waals surface area contributed by atoms with Gasteiger partial charge in [-0.15, -0.1) is 0 Å². The summed E-state index contributed by atoms with van der Waals surface area (Å²) in [5, 5.41) is 2.56. The Balaban J connectivity index is 0.959. The van der Waals surface area contributed by atoms with E-state index in [0.717, 1.165) is 35.6 Å². The number of anilines is 3. The first-order valence-electron chi connectivity index (χ1n) is 20.1. The van der Waals surface area contributed by atoms with Crippen molar-refractivity contribution >= 4 is 44.4 Å². The fraction of sp³-hybridized carbons (Fsp3) is 0.0545. The highest BCUT2D eigenvalue weighted by Crippen LogP contribution is 2.63. The van der Waals surface area contributed by atoms with Crippen LogP contribution in [0.25, 0.3) is 55.3 Å². The average molecular weight is 727 g/mol. The first-order chi connectivity index (χ1) is 28.3. The molecule has 1 heterocycles. The van der Waals surface area contributed by atoms with E-state index in [-0.39, 0.29) is 5.41 Å². The molecule has 2 heteroatoms. The van der Waals surface area contributed by atoms with Crippen LogP contribution in [-0.2, 0) is 5.41 Å². The maximum atomic E-state index is 2.49. The van der Waals surface area contributed by atoms with Crippen LogP contribution in [-0.4, -0.2) is 4.57 Å². The molecule has 0 amide bonds. The third-order valence-electron chi connectivity index (χ3n) is 12.7. The quantitative estimate of drug-likeness (QED) is 0.171. The van der Waals surface area contributed by atoms with Crippen LogP contribution in [0.15, 0.2) is 212 Å². The van der Waals surface area contributed by atoms with E-state index in [4.69, 9.17) is 0 Å². The highest BCUT2D eigenvalue weighted by Gasteiger charge is 2.52. The van der Waals surface area contributed by atoms with Gasteiger partial charge in [-0.1, -0.05) is 146 Å². The molecular weight excluding hydrogens is 689 g/mol. The van der Waals surface area contributed by atoms with Crippen molar-refractivity contribution in [2.45, 2.75) is 18.3 Å². The topological polar surface area (TPSA) is 8.17 Å². The number of benzene rings is 8. The van der Waals surface area contributed by atoms with Gasteiger partial charge in [-0.25, -0.2) is 0 Å². The van der Waals surface area contributed by atoms with Gasteiger partial charge < -0.3 is 9.47 Å². The van der Waals surface area contributed by atoms with Crippen LogP contribution in [0.2, 0.25) is 0 Å². The van der Waals surface area contributed by atoms with Crippen LogP contribution >= 0.6 is 0 Å². The van der Waals surface area contributed by atoms with Gasteiger partial charge in [-0.2, -0.15) is 0 Å². The van der Waals surface area contributed by atoms with Crippen molar-refractivity contribution in [3.63, 3.8) is 0 Å². The molecule has 3 aliphatic rings. The summed E-state index contributed by atoms with van der Waals surface area (Å²) < 4.78 is 2.38. The molecule has 12 rings (SSSR count). The normalized spacial score (nSPS) is 14.5. The summed E-state index contributed by atoms with van der Waals surface area (Å²) in [5.74, 6) is 0. The zero-order chi connectivity index (χ0) is 37.5. The number of allylic oxidation sites excluding steroid dienone is 4. The van der Waals surface area contributed by atoms with E-state index in [0.29, 0.717) is 0 Å². The standard InChI is InChI=1S/C55H38N2/c1-2-14-39(15-3-1)56(40-30-26-37(27-31-40)38-28-32-41(33-29-38)57-53-24-12-7-19-47(53)48-20-8-13-25-54(48)57)42-34-35-46-45-18-6-11-23-51(45)55(52(46)36-42)49-21-9-4-16-43(49)44-17-5-10-22-50(44)55/h1-5,7-17,19-36H,6,18H2. The van der Waals surface area contributed by atoms with Crippen LogP contribution in [0.5, 0.6) is 0 Å². The first kappa shape index (κ1) is 32.1. The molecule has 0 saturated heterocycles. The summed E-state index contributed by atoms with van der Waals surface area (Å²) in [6.07, 6.45) is 6.95. The van der Waals surface area contributed by atoms with Gasteiger partial charge in [0.25, 0.3) is 0 Å². The fourth-order valence-electron chi connectivity index (χ4n) is 10.3. The number of aromatic nitrogens is 1. The fourth-order valence-corrected chi connectivity index (χ4v) is 10.3. The number of hydrogen-bond acceptors (Lipinski definition) is 1. The maximum absolute atomic E-state index is 2.49. The predicted molar refractivity (Wildman–Crippen MR) is 238 cm³/mol. The molecule has 268 valence electrons. The second-order valence-electron chi connectivity index (χ2n) is 15.5. The molecule has 9 aromatic rings. The summed E-state index contributed by atoms with van der Waals surface area (Å²) in [6, 6.07) is 71.7. The van der Waals surface area contributed by atoms with Crippen LogP contribution in [0, 0.1) is 0 Å². The minimum Gasteiger partial charge on any atom is -0.310 e. The molecule has 2 nitrogen and oxygen atoms in total. The SMILES string of the molecule is C1=CC2=C(CC1)c1ccc(N(c3ccccc3)c3ccc(-c4ccc(-n5c6ccccc6c6ccccc65)cc4)cc3)cc1C21c2ccccc2-c2ccccc21. The Kier molecular flexibility index (Phi) is 7.00. The number of fused-ring (bicyclic) bond motifs is 12. The van der Waals surface area contributed by atoms with Gasteiger partial charge in [-0.05, 0) is 129 Å². The van der Waals surface area contributed by atoms with Gasteiger partial charge in [0, 0.05) is 33.5 Å². The zero-order valence-corrected chi connectivity index (χ0v) is 31.4.